The summed E-state index contributed by atoms with van der Waals surface area (Å²) in [5.41, 5.74) is 2.23. The van der Waals surface area contributed by atoms with E-state index in [4.69, 9.17) is 12.2 Å². The fourth-order valence-corrected chi connectivity index (χ4v) is 3.35. The first-order valence-corrected chi connectivity index (χ1v) is 7.74. The van der Waals surface area contributed by atoms with Gasteiger partial charge in [0.25, 0.3) is 0 Å². The summed E-state index contributed by atoms with van der Waals surface area (Å²) >= 11 is 5.51. The molecule has 1 aliphatic rings. The molecule has 0 radical (unpaired) electrons. The van der Waals surface area contributed by atoms with Crippen LogP contribution in [-0.4, -0.2) is 10.1 Å². The fourth-order valence-electron chi connectivity index (χ4n) is 3.04. The van der Waals surface area contributed by atoms with Crippen LogP contribution in [0.25, 0.3) is 0 Å². The predicted octanol–water partition coefficient (Wildman–Crippen LogP) is 3.84. The van der Waals surface area contributed by atoms with Gasteiger partial charge >= 0.3 is 0 Å². The Kier molecular flexibility index (Phi) is 4.15. The summed E-state index contributed by atoms with van der Waals surface area (Å²) in [6.07, 6.45) is 8.36. The number of benzene rings is 1. The topological polar surface area (TPSA) is 37.0 Å². The molecule has 2 aromatic rings. The van der Waals surface area contributed by atoms with Crippen LogP contribution in [0.4, 0.5) is 5.69 Å². The molecule has 108 valence electrons. The molecule has 1 aromatic heterocycles. The van der Waals surface area contributed by atoms with Crippen molar-refractivity contribution >= 4 is 23.0 Å². The molecule has 21 heavy (non-hydrogen) atoms. The van der Waals surface area contributed by atoms with E-state index in [1.165, 1.54) is 18.4 Å². The van der Waals surface area contributed by atoms with Gasteiger partial charge in [0.2, 0.25) is 0 Å². The quantitative estimate of drug-likeness (QED) is 0.844. The van der Waals surface area contributed by atoms with Gasteiger partial charge in [0, 0.05) is 18.1 Å². The maximum Gasteiger partial charge on any atom is 0.171 e. The van der Waals surface area contributed by atoms with Gasteiger partial charge in [-0.2, -0.15) is 0 Å². The predicted molar refractivity (Wildman–Crippen MR) is 90.2 cm³/mol. The van der Waals surface area contributed by atoms with Crippen LogP contribution in [0.1, 0.15) is 31.2 Å². The Bertz CT molecular complexity index is 592. The minimum atomic E-state index is -0.0538. The lowest BCUT2D eigenvalue weighted by molar-refractivity contribution is 0.408. The number of nitrogens with zero attached hydrogens (tertiary/aromatic N) is 1. The van der Waals surface area contributed by atoms with E-state index >= 15 is 0 Å². The molecule has 3 rings (SSSR count). The van der Waals surface area contributed by atoms with E-state index in [1.54, 1.807) is 0 Å². The number of nitrogens with one attached hydrogen (secondary N) is 2. The standard InChI is InChI=1S/C17H19N3S/c21-16(19-15-6-2-1-3-7-15)20-17(10-4-5-11-17)14-8-12-18-13-9-14/h1-3,6-9,12-13H,4-5,10-11H2,(H2,19,20,21). The first kappa shape index (κ1) is 14.0. The lowest BCUT2D eigenvalue weighted by atomic mass is 9.89. The van der Waals surface area contributed by atoms with E-state index in [-0.39, 0.29) is 5.54 Å². The highest BCUT2D eigenvalue weighted by Gasteiger charge is 2.36. The van der Waals surface area contributed by atoms with Gasteiger partial charge in [-0.3, -0.25) is 4.98 Å². The highest BCUT2D eigenvalue weighted by Crippen LogP contribution is 2.38. The van der Waals surface area contributed by atoms with E-state index in [2.05, 4.69) is 27.8 Å². The lowest BCUT2D eigenvalue weighted by Gasteiger charge is -2.32. The minimum Gasteiger partial charge on any atom is -0.353 e. The van der Waals surface area contributed by atoms with E-state index in [9.17, 15) is 0 Å². The van der Waals surface area contributed by atoms with Gasteiger partial charge in [0.15, 0.2) is 5.11 Å². The summed E-state index contributed by atoms with van der Waals surface area (Å²) in [7, 11) is 0. The molecule has 2 N–H and O–H groups in total. The van der Waals surface area contributed by atoms with Gasteiger partial charge in [-0.05, 0) is 54.9 Å². The minimum absolute atomic E-state index is 0.0538. The van der Waals surface area contributed by atoms with Crippen molar-refractivity contribution in [1.29, 1.82) is 0 Å². The largest absolute Gasteiger partial charge is 0.353 e. The van der Waals surface area contributed by atoms with Gasteiger partial charge in [0.1, 0.15) is 0 Å². The number of pyridine rings is 1. The highest BCUT2D eigenvalue weighted by molar-refractivity contribution is 7.80. The van der Waals surface area contributed by atoms with Crippen LogP contribution in [0.5, 0.6) is 0 Å². The van der Waals surface area contributed by atoms with Crippen molar-refractivity contribution in [3.63, 3.8) is 0 Å². The first-order chi connectivity index (χ1) is 10.3. The number of anilines is 1. The summed E-state index contributed by atoms with van der Waals surface area (Å²) in [5, 5.41) is 7.50. The Labute approximate surface area is 130 Å². The van der Waals surface area contributed by atoms with Crippen molar-refractivity contribution in [2.45, 2.75) is 31.2 Å². The third-order valence-corrected chi connectivity index (χ3v) is 4.28. The number of para-hydroxylation sites is 1. The number of thiocarbonyl (C=S) groups is 1. The molecule has 1 aromatic carbocycles. The first-order valence-electron chi connectivity index (χ1n) is 7.33. The zero-order valence-corrected chi connectivity index (χ0v) is 12.7. The Morgan fingerprint density at radius 3 is 2.33 bits per heavy atom. The molecule has 3 nitrogen and oxygen atoms in total. The second-order valence-electron chi connectivity index (χ2n) is 5.47. The average Bonchev–Trinajstić information content (AvgIpc) is 2.99. The molecule has 0 unspecified atom stereocenters. The monoisotopic (exact) mass is 297 g/mol. The number of aromatic nitrogens is 1. The second-order valence-corrected chi connectivity index (χ2v) is 5.88. The molecule has 1 fully saturated rings. The highest BCUT2D eigenvalue weighted by atomic mass is 32.1. The van der Waals surface area contributed by atoms with Crippen molar-refractivity contribution in [3.05, 3.63) is 60.4 Å². The number of rotatable bonds is 3. The van der Waals surface area contributed by atoms with Crippen molar-refractivity contribution < 1.29 is 0 Å². The van der Waals surface area contributed by atoms with Crippen molar-refractivity contribution in [2.75, 3.05) is 5.32 Å². The maximum absolute atomic E-state index is 5.51. The van der Waals surface area contributed by atoms with Crippen LogP contribution in [0, 0.1) is 0 Å². The second kappa shape index (κ2) is 6.22. The van der Waals surface area contributed by atoms with Crippen molar-refractivity contribution in [1.82, 2.24) is 10.3 Å². The van der Waals surface area contributed by atoms with Crippen LogP contribution in [0.15, 0.2) is 54.9 Å². The van der Waals surface area contributed by atoms with Gasteiger partial charge in [0.05, 0.1) is 5.54 Å². The molecule has 0 saturated heterocycles. The smallest absolute Gasteiger partial charge is 0.171 e. The molecule has 0 aliphatic heterocycles. The normalized spacial score (nSPS) is 16.4. The molecule has 0 amide bonds. The Morgan fingerprint density at radius 1 is 1.00 bits per heavy atom. The average molecular weight is 297 g/mol. The third-order valence-electron chi connectivity index (χ3n) is 4.07. The van der Waals surface area contributed by atoms with E-state index in [0.717, 1.165) is 18.5 Å². The zero-order chi connectivity index (χ0) is 14.5. The van der Waals surface area contributed by atoms with Gasteiger partial charge in [-0.25, -0.2) is 0 Å². The van der Waals surface area contributed by atoms with Crippen molar-refractivity contribution in [3.8, 4) is 0 Å². The molecule has 1 aliphatic carbocycles. The number of hydrogen-bond acceptors (Lipinski definition) is 2. The maximum atomic E-state index is 5.51. The van der Waals surface area contributed by atoms with Crippen LogP contribution < -0.4 is 10.6 Å². The summed E-state index contributed by atoms with van der Waals surface area (Å²) in [6, 6.07) is 14.2. The van der Waals surface area contributed by atoms with Crippen LogP contribution in [-0.2, 0) is 5.54 Å². The van der Waals surface area contributed by atoms with Gasteiger partial charge in [-0.1, -0.05) is 31.0 Å². The van der Waals surface area contributed by atoms with Gasteiger partial charge in [-0.15, -0.1) is 0 Å². The van der Waals surface area contributed by atoms with Crippen molar-refractivity contribution in [2.24, 2.45) is 0 Å². The molecule has 0 spiro atoms. The third kappa shape index (κ3) is 3.22. The molecular formula is C17H19N3S. The van der Waals surface area contributed by atoms with Gasteiger partial charge < -0.3 is 10.6 Å². The lowest BCUT2D eigenvalue weighted by Crippen LogP contribution is -2.45. The Hall–Kier alpha value is -1.94. The zero-order valence-electron chi connectivity index (χ0n) is 11.9. The summed E-state index contributed by atoms with van der Waals surface area (Å²) in [5.74, 6) is 0. The summed E-state index contributed by atoms with van der Waals surface area (Å²) in [6.45, 7) is 0. The van der Waals surface area contributed by atoms with Crippen LogP contribution in [0.3, 0.4) is 0 Å². The summed E-state index contributed by atoms with van der Waals surface area (Å²) in [4.78, 5) is 4.12. The molecule has 0 atom stereocenters. The molecule has 1 heterocycles. The SMILES string of the molecule is S=C(Nc1ccccc1)NC1(c2ccncc2)CCCC1. The van der Waals surface area contributed by atoms with Crippen LogP contribution in [0.2, 0.25) is 0 Å². The molecule has 1 saturated carbocycles. The van der Waals surface area contributed by atoms with E-state index in [0.29, 0.717) is 5.11 Å². The Morgan fingerprint density at radius 2 is 1.67 bits per heavy atom. The van der Waals surface area contributed by atoms with E-state index < -0.39 is 0 Å². The summed E-state index contributed by atoms with van der Waals surface area (Å²) < 4.78 is 0. The fraction of sp³-hybridized carbons (Fsp3) is 0.294. The van der Waals surface area contributed by atoms with E-state index in [1.807, 2.05) is 42.7 Å². The van der Waals surface area contributed by atoms with Crippen LogP contribution >= 0.6 is 12.2 Å². The molecule has 4 heteroatoms. The number of hydrogen-bond donors (Lipinski definition) is 2. The molecular weight excluding hydrogens is 278 g/mol. The molecule has 0 bridgehead atoms. The Balaban J connectivity index is 1.75.